The van der Waals surface area contributed by atoms with E-state index in [1.54, 1.807) is 12.4 Å². The van der Waals surface area contributed by atoms with Gasteiger partial charge in [-0.15, -0.1) is 0 Å². The van der Waals surface area contributed by atoms with Crippen molar-refractivity contribution in [1.29, 1.82) is 0 Å². The Morgan fingerprint density at radius 1 is 1.21 bits per heavy atom. The minimum absolute atomic E-state index is 0.0648. The van der Waals surface area contributed by atoms with Gasteiger partial charge in [-0.2, -0.15) is 0 Å². The fourth-order valence-electron chi connectivity index (χ4n) is 2.96. The number of hydrogen-bond donors (Lipinski definition) is 1. The number of amides is 1. The SMILES string of the molecule is O=C1Nc2cnccc2N2Cc3ccccc3CC12. The van der Waals surface area contributed by atoms with Crippen LogP contribution in [-0.4, -0.2) is 16.9 Å². The molecule has 0 aliphatic carbocycles. The quantitative estimate of drug-likeness (QED) is 0.778. The third-order valence-corrected chi connectivity index (χ3v) is 3.92. The molecule has 0 saturated heterocycles. The number of fused-ring (bicyclic) bond motifs is 4. The van der Waals surface area contributed by atoms with E-state index < -0.39 is 0 Å². The molecule has 2 aliphatic heterocycles. The minimum Gasteiger partial charge on any atom is -0.353 e. The van der Waals surface area contributed by atoms with Crippen LogP contribution in [0.15, 0.2) is 42.7 Å². The molecule has 0 fully saturated rings. The first kappa shape index (κ1) is 10.6. The molecule has 0 saturated carbocycles. The van der Waals surface area contributed by atoms with Crippen LogP contribution < -0.4 is 10.2 Å². The lowest BCUT2D eigenvalue weighted by atomic mass is 9.91. The zero-order valence-electron chi connectivity index (χ0n) is 10.3. The molecule has 0 bridgehead atoms. The van der Waals surface area contributed by atoms with Gasteiger partial charge in [0.25, 0.3) is 0 Å². The van der Waals surface area contributed by atoms with Gasteiger partial charge in [-0.25, -0.2) is 0 Å². The molecule has 0 radical (unpaired) electrons. The molecule has 1 amide bonds. The van der Waals surface area contributed by atoms with Crippen LogP contribution in [0.2, 0.25) is 0 Å². The Morgan fingerprint density at radius 3 is 2.95 bits per heavy atom. The van der Waals surface area contributed by atoms with E-state index in [9.17, 15) is 4.79 Å². The van der Waals surface area contributed by atoms with Crippen LogP contribution in [0.4, 0.5) is 11.4 Å². The molecule has 3 heterocycles. The summed E-state index contributed by atoms with van der Waals surface area (Å²) in [7, 11) is 0. The number of nitrogens with one attached hydrogen (secondary N) is 1. The van der Waals surface area contributed by atoms with Gasteiger partial charge in [0.1, 0.15) is 6.04 Å². The molecule has 2 aliphatic rings. The topological polar surface area (TPSA) is 45.2 Å². The van der Waals surface area contributed by atoms with Crippen LogP contribution in [0.1, 0.15) is 11.1 Å². The summed E-state index contributed by atoms with van der Waals surface area (Å²) in [6.45, 7) is 0.783. The van der Waals surface area contributed by atoms with Crippen molar-refractivity contribution in [2.24, 2.45) is 0 Å². The zero-order valence-corrected chi connectivity index (χ0v) is 10.3. The molecule has 1 aromatic carbocycles. The fourth-order valence-corrected chi connectivity index (χ4v) is 2.96. The summed E-state index contributed by atoms with van der Waals surface area (Å²) in [5, 5.41) is 2.95. The second-order valence-electron chi connectivity index (χ2n) is 5.00. The second-order valence-corrected chi connectivity index (χ2v) is 5.00. The summed E-state index contributed by atoms with van der Waals surface area (Å²) in [6, 6.07) is 10.2. The maximum Gasteiger partial charge on any atom is 0.247 e. The average molecular weight is 251 g/mol. The number of carbonyl (C=O) groups excluding carboxylic acids is 1. The molecule has 1 unspecified atom stereocenters. The van der Waals surface area contributed by atoms with Crippen molar-refractivity contribution in [3.63, 3.8) is 0 Å². The summed E-state index contributed by atoms with van der Waals surface area (Å²) in [5.74, 6) is 0.0648. The van der Waals surface area contributed by atoms with Crippen LogP contribution in [-0.2, 0) is 17.8 Å². The third-order valence-electron chi connectivity index (χ3n) is 3.92. The molecular weight excluding hydrogens is 238 g/mol. The highest BCUT2D eigenvalue weighted by molar-refractivity contribution is 6.03. The van der Waals surface area contributed by atoms with Crippen LogP contribution >= 0.6 is 0 Å². The maximum atomic E-state index is 12.2. The summed E-state index contributed by atoms with van der Waals surface area (Å²) >= 11 is 0. The van der Waals surface area contributed by atoms with E-state index >= 15 is 0 Å². The number of carbonyl (C=O) groups is 1. The molecule has 1 aromatic heterocycles. The Labute approximate surface area is 111 Å². The summed E-state index contributed by atoms with van der Waals surface area (Å²) in [5.41, 5.74) is 4.45. The number of rotatable bonds is 0. The monoisotopic (exact) mass is 251 g/mol. The largest absolute Gasteiger partial charge is 0.353 e. The van der Waals surface area contributed by atoms with Crippen molar-refractivity contribution in [1.82, 2.24) is 4.98 Å². The lowest BCUT2D eigenvalue weighted by Crippen LogP contribution is -2.51. The lowest BCUT2D eigenvalue weighted by molar-refractivity contribution is -0.117. The van der Waals surface area contributed by atoms with Crippen LogP contribution in [0.3, 0.4) is 0 Å². The first-order chi connectivity index (χ1) is 9.33. The molecule has 4 nitrogen and oxygen atoms in total. The van der Waals surface area contributed by atoms with Gasteiger partial charge in [0.2, 0.25) is 5.91 Å². The number of anilines is 2. The van der Waals surface area contributed by atoms with Crippen molar-refractivity contribution in [2.75, 3.05) is 10.2 Å². The molecule has 19 heavy (non-hydrogen) atoms. The number of pyridine rings is 1. The number of hydrogen-bond acceptors (Lipinski definition) is 3. The van der Waals surface area contributed by atoms with Crippen molar-refractivity contribution < 1.29 is 4.79 Å². The summed E-state index contributed by atoms with van der Waals surface area (Å²) in [6.07, 6.45) is 4.25. The smallest absolute Gasteiger partial charge is 0.247 e. The molecule has 1 N–H and O–H groups in total. The Bertz CT molecular complexity index is 668. The number of nitrogens with zero attached hydrogens (tertiary/aromatic N) is 2. The first-order valence-corrected chi connectivity index (χ1v) is 6.41. The van der Waals surface area contributed by atoms with Gasteiger partial charge in [0.05, 0.1) is 17.6 Å². The van der Waals surface area contributed by atoms with E-state index in [2.05, 4.69) is 33.4 Å². The molecule has 1 atom stereocenters. The average Bonchev–Trinajstić information content (AvgIpc) is 2.46. The zero-order chi connectivity index (χ0) is 12.8. The van der Waals surface area contributed by atoms with Gasteiger partial charge >= 0.3 is 0 Å². The Hall–Kier alpha value is -2.36. The minimum atomic E-state index is -0.107. The van der Waals surface area contributed by atoms with E-state index in [4.69, 9.17) is 0 Å². The predicted octanol–water partition coefficient (Wildman–Crippen LogP) is 1.97. The highest BCUT2D eigenvalue weighted by Crippen LogP contribution is 2.36. The fraction of sp³-hybridized carbons (Fsp3) is 0.200. The van der Waals surface area contributed by atoms with Gasteiger partial charge < -0.3 is 10.2 Å². The van der Waals surface area contributed by atoms with Crippen molar-refractivity contribution in [2.45, 2.75) is 19.0 Å². The van der Waals surface area contributed by atoms with Gasteiger partial charge in [0, 0.05) is 19.2 Å². The van der Waals surface area contributed by atoms with Crippen LogP contribution in [0, 0.1) is 0 Å². The second kappa shape index (κ2) is 3.82. The standard InChI is InChI=1S/C15H13N3O/c19-15-14-7-10-3-1-2-4-11(10)9-18(14)13-5-6-16-8-12(13)17-15/h1-6,8,14H,7,9H2,(H,17,19). The molecule has 2 aromatic rings. The number of benzene rings is 1. The summed E-state index contributed by atoms with van der Waals surface area (Å²) in [4.78, 5) is 18.5. The molecule has 0 spiro atoms. The molecular formula is C15H13N3O. The molecule has 94 valence electrons. The first-order valence-electron chi connectivity index (χ1n) is 6.41. The number of aromatic nitrogens is 1. The van der Waals surface area contributed by atoms with E-state index in [0.717, 1.165) is 24.3 Å². The molecule has 4 heteroatoms. The van der Waals surface area contributed by atoms with Gasteiger partial charge in [-0.3, -0.25) is 9.78 Å². The van der Waals surface area contributed by atoms with Crippen molar-refractivity contribution in [3.8, 4) is 0 Å². The van der Waals surface area contributed by atoms with Crippen molar-refractivity contribution in [3.05, 3.63) is 53.9 Å². The van der Waals surface area contributed by atoms with Gasteiger partial charge in [0.15, 0.2) is 0 Å². The van der Waals surface area contributed by atoms with Crippen LogP contribution in [0.5, 0.6) is 0 Å². The maximum absolute atomic E-state index is 12.2. The van der Waals surface area contributed by atoms with Crippen molar-refractivity contribution >= 4 is 17.3 Å². The Morgan fingerprint density at radius 2 is 2.05 bits per heavy atom. The highest BCUT2D eigenvalue weighted by atomic mass is 16.2. The Kier molecular flexibility index (Phi) is 2.12. The third kappa shape index (κ3) is 1.53. The lowest BCUT2D eigenvalue weighted by Gasteiger charge is -2.41. The highest BCUT2D eigenvalue weighted by Gasteiger charge is 2.36. The van der Waals surface area contributed by atoms with E-state index in [0.29, 0.717) is 0 Å². The van der Waals surface area contributed by atoms with Gasteiger partial charge in [-0.1, -0.05) is 24.3 Å². The van der Waals surface area contributed by atoms with E-state index in [1.807, 2.05) is 12.1 Å². The van der Waals surface area contributed by atoms with Crippen LogP contribution in [0.25, 0.3) is 0 Å². The predicted molar refractivity (Wildman–Crippen MR) is 73.0 cm³/mol. The molecule has 4 rings (SSSR count). The normalized spacial score (nSPS) is 20.1. The summed E-state index contributed by atoms with van der Waals surface area (Å²) < 4.78 is 0. The van der Waals surface area contributed by atoms with Gasteiger partial charge in [-0.05, 0) is 17.2 Å². The van der Waals surface area contributed by atoms with E-state index in [1.165, 1.54) is 11.1 Å². The van der Waals surface area contributed by atoms with E-state index in [-0.39, 0.29) is 11.9 Å². The Balaban J connectivity index is 1.84.